The quantitative estimate of drug-likeness (QED) is 0.772. The lowest BCUT2D eigenvalue weighted by atomic mass is 9.78. The van der Waals surface area contributed by atoms with E-state index in [4.69, 9.17) is 4.74 Å². The maximum atomic E-state index is 13.4. The molecular weight excluding hydrogens is 322 g/mol. The number of piperidine rings is 1. The van der Waals surface area contributed by atoms with Gasteiger partial charge >= 0.3 is 0 Å². The predicted octanol–water partition coefficient (Wildman–Crippen LogP) is 5.06. The van der Waals surface area contributed by atoms with Crippen LogP contribution < -0.4 is 4.74 Å². The Bertz CT molecular complexity index is 741. The molecule has 136 valence electrons. The summed E-state index contributed by atoms with van der Waals surface area (Å²) < 4.78 is 5.91. The molecule has 2 fully saturated rings. The summed E-state index contributed by atoms with van der Waals surface area (Å²) in [5, 5.41) is 0. The van der Waals surface area contributed by atoms with Crippen LogP contribution in [-0.4, -0.2) is 23.4 Å². The number of carbonyl (C=O) groups excluding carboxylic acids is 1. The minimum atomic E-state index is 0.189. The van der Waals surface area contributed by atoms with Crippen molar-refractivity contribution in [2.24, 2.45) is 5.92 Å². The molecule has 2 aromatic carbocycles. The zero-order valence-corrected chi connectivity index (χ0v) is 15.3. The predicted molar refractivity (Wildman–Crippen MR) is 103 cm³/mol. The van der Waals surface area contributed by atoms with Crippen LogP contribution >= 0.6 is 0 Å². The number of hydrogen-bond donors (Lipinski definition) is 0. The molecule has 0 aromatic heterocycles. The lowest BCUT2D eigenvalue weighted by Crippen LogP contribution is -2.49. The summed E-state index contributed by atoms with van der Waals surface area (Å²) in [5.41, 5.74) is 1.77. The van der Waals surface area contributed by atoms with Crippen LogP contribution in [0, 0.1) is 5.92 Å². The minimum Gasteiger partial charge on any atom is -0.489 e. The highest BCUT2D eigenvalue weighted by Gasteiger charge is 2.36. The highest BCUT2D eigenvalue weighted by atomic mass is 16.5. The van der Waals surface area contributed by atoms with Gasteiger partial charge in [-0.2, -0.15) is 0 Å². The summed E-state index contributed by atoms with van der Waals surface area (Å²) in [5.74, 6) is 1.73. The van der Waals surface area contributed by atoms with E-state index in [-0.39, 0.29) is 5.91 Å². The van der Waals surface area contributed by atoms with Crippen molar-refractivity contribution in [1.29, 1.82) is 0 Å². The van der Waals surface area contributed by atoms with Gasteiger partial charge in [0.25, 0.3) is 5.91 Å². The third kappa shape index (κ3) is 3.62. The Hall–Kier alpha value is -2.29. The van der Waals surface area contributed by atoms with Crippen molar-refractivity contribution >= 4 is 5.91 Å². The van der Waals surface area contributed by atoms with Crippen LogP contribution in [0.5, 0.6) is 5.75 Å². The van der Waals surface area contributed by atoms with Crippen LogP contribution in [0.15, 0.2) is 54.6 Å². The summed E-state index contributed by atoms with van der Waals surface area (Å²) in [6.45, 7) is 1.32. The normalized spacial score (nSPS) is 22.5. The molecule has 0 spiro atoms. The van der Waals surface area contributed by atoms with Gasteiger partial charge in [-0.15, -0.1) is 0 Å². The molecule has 0 bridgehead atoms. The molecule has 0 radical (unpaired) electrons. The Morgan fingerprint density at radius 2 is 1.65 bits per heavy atom. The first-order chi connectivity index (χ1) is 12.8. The van der Waals surface area contributed by atoms with Gasteiger partial charge in [0.15, 0.2) is 0 Å². The van der Waals surface area contributed by atoms with E-state index in [2.05, 4.69) is 4.90 Å². The van der Waals surface area contributed by atoms with Crippen molar-refractivity contribution in [2.45, 2.75) is 51.2 Å². The Morgan fingerprint density at radius 3 is 2.54 bits per heavy atom. The van der Waals surface area contributed by atoms with E-state index in [1.807, 2.05) is 54.6 Å². The van der Waals surface area contributed by atoms with Gasteiger partial charge < -0.3 is 9.64 Å². The van der Waals surface area contributed by atoms with Crippen molar-refractivity contribution in [3.8, 4) is 5.75 Å². The molecule has 2 unspecified atom stereocenters. The lowest BCUT2D eigenvalue weighted by molar-refractivity contribution is 0.0388. The third-order valence-corrected chi connectivity index (χ3v) is 5.89. The molecule has 1 aliphatic heterocycles. The number of likely N-dealkylation sites (tertiary alicyclic amines) is 1. The second-order valence-electron chi connectivity index (χ2n) is 7.51. The Kier molecular flexibility index (Phi) is 5.24. The van der Waals surface area contributed by atoms with E-state index in [1.165, 1.54) is 32.1 Å². The summed E-state index contributed by atoms with van der Waals surface area (Å²) >= 11 is 0. The summed E-state index contributed by atoms with van der Waals surface area (Å²) in [7, 11) is 0. The molecule has 3 heteroatoms. The number of benzene rings is 2. The first-order valence-electron chi connectivity index (χ1n) is 9.89. The van der Waals surface area contributed by atoms with E-state index >= 15 is 0 Å². The third-order valence-electron chi connectivity index (χ3n) is 5.89. The molecule has 3 nitrogen and oxygen atoms in total. The van der Waals surface area contributed by atoms with E-state index < -0.39 is 0 Å². The Morgan fingerprint density at radius 1 is 0.923 bits per heavy atom. The smallest absolute Gasteiger partial charge is 0.254 e. The number of amides is 1. The molecule has 1 heterocycles. The molecule has 1 saturated heterocycles. The van der Waals surface area contributed by atoms with Gasteiger partial charge in [-0.05, 0) is 49.8 Å². The minimum absolute atomic E-state index is 0.189. The van der Waals surface area contributed by atoms with Gasteiger partial charge in [0.2, 0.25) is 0 Å². The van der Waals surface area contributed by atoms with Gasteiger partial charge in [0.1, 0.15) is 12.4 Å². The molecular formula is C23H27NO2. The molecule has 2 aliphatic rings. The van der Waals surface area contributed by atoms with Crippen LogP contribution in [0.1, 0.15) is 54.4 Å². The molecule has 4 rings (SSSR count). The maximum absolute atomic E-state index is 13.4. The number of para-hydroxylation sites is 1. The van der Waals surface area contributed by atoms with Crippen molar-refractivity contribution in [3.63, 3.8) is 0 Å². The second kappa shape index (κ2) is 7.94. The number of fused-ring (bicyclic) bond motifs is 1. The summed E-state index contributed by atoms with van der Waals surface area (Å²) in [6, 6.07) is 18.1. The largest absolute Gasteiger partial charge is 0.489 e. The number of rotatable bonds is 4. The van der Waals surface area contributed by atoms with Crippen molar-refractivity contribution < 1.29 is 9.53 Å². The molecule has 1 amide bonds. The van der Waals surface area contributed by atoms with Crippen molar-refractivity contribution in [1.82, 2.24) is 4.90 Å². The van der Waals surface area contributed by atoms with E-state index in [1.54, 1.807) is 0 Å². The van der Waals surface area contributed by atoms with Crippen molar-refractivity contribution in [3.05, 3.63) is 65.7 Å². The van der Waals surface area contributed by atoms with Gasteiger partial charge in [0, 0.05) is 23.7 Å². The van der Waals surface area contributed by atoms with Crippen molar-refractivity contribution in [2.75, 3.05) is 6.54 Å². The van der Waals surface area contributed by atoms with Gasteiger partial charge in [-0.25, -0.2) is 0 Å². The fourth-order valence-corrected chi connectivity index (χ4v) is 4.56. The average Bonchev–Trinajstić information content (AvgIpc) is 2.72. The molecule has 1 aliphatic carbocycles. The lowest BCUT2D eigenvalue weighted by Gasteiger charge is -2.44. The Labute approximate surface area is 156 Å². The molecule has 2 aromatic rings. The number of carbonyl (C=O) groups is 1. The zero-order chi connectivity index (χ0) is 17.8. The molecule has 2 atom stereocenters. The van der Waals surface area contributed by atoms with E-state index in [9.17, 15) is 4.79 Å². The van der Waals surface area contributed by atoms with Crippen LogP contribution in [0.4, 0.5) is 0 Å². The first kappa shape index (κ1) is 17.1. The van der Waals surface area contributed by atoms with Gasteiger partial charge in [-0.3, -0.25) is 4.79 Å². The van der Waals surface area contributed by atoms with Crippen LogP contribution in [0.2, 0.25) is 0 Å². The molecule has 26 heavy (non-hydrogen) atoms. The first-order valence-corrected chi connectivity index (χ1v) is 9.89. The fraction of sp³-hybridized carbons (Fsp3) is 0.435. The highest BCUT2D eigenvalue weighted by Crippen LogP contribution is 2.36. The number of nitrogens with zero attached hydrogens (tertiary/aromatic N) is 1. The maximum Gasteiger partial charge on any atom is 0.254 e. The van der Waals surface area contributed by atoms with Gasteiger partial charge in [-0.1, -0.05) is 49.2 Å². The fourth-order valence-electron chi connectivity index (χ4n) is 4.56. The van der Waals surface area contributed by atoms with Crippen LogP contribution in [0.3, 0.4) is 0 Å². The molecule has 0 N–H and O–H groups in total. The standard InChI is InChI=1S/C23H27NO2/c25-23(24-16-8-11-18-9-5-7-15-22(18)24)21-14-6-4-10-19(21)17-26-20-12-2-1-3-13-20/h1-4,6,10,12-14,18,22H,5,7-9,11,15-17H2. The molecule has 1 saturated carbocycles. The van der Waals surface area contributed by atoms with Crippen LogP contribution in [-0.2, 0) is 6.61 Å². The Balaban J connectivity index is 1.52. The number of ether oxygens (including phenoxy) is 1. The zero-order valence-electron chi connectivity index (χ0n) is 15.3. The van der Waals surface area contributed by atoms with E-state index in [0.717, 1.165) is 29.8 Å². The summed E-state index contributed by atoms with van der Waals surface area (Å²) in [4.78, 5) is 15.5. The monoisotopic (exact) mass is 349 g/mol. The van der Waals surface area contributed by atoms with E-state index in [0.29, 0.717) is 18.6 Å². The topological polar surface area (TPSA) is 29.5 Å². The highest BCUT2D eigenvalue weighted by molar-refractivity contribution is 5.96. The SMILES string of the molecule is O=C(c1ccccc1COc1ccccc1)N1CCCC2CCCCC21. The van der Waals surface area contributed by atoms with Gasteiger partial charge in [0.05, 0.1) is 0 Å². The second-order valence-corrected chi connectivity index (χ2v) is 7.51. The average molecular weight is 349 g/mol. The summed E-state index contributed by atoms with van der Waals surface area (Å²) in [6.07, 6.45) is 7.45. The van der Waals surface area contributed by atoms with Crippen LogP contribution in [0.25, 0.3) is 0 Å². The number of hydrogen-bond acceptors (Lipinski definition) is 2.